The molecule has 32 heavy (non-hydrogen) atoms. The van der Waals surface area contributed by atoms with Crippen molar-refractivity contribution in [2.24, 2.45) is 5.92 Å². The van der Waals surface area contributed by atoms with E-state index in [-0.39, 0.29) is 18.8 Å². The normalized spacial score (nSPS) is 14.7. The third-order valence-electron chi connectivity index (χ3n) is 5.11. The quantitative estimate of drug-likeness (QED) is 0.520. The number of amides is 2. The van der Waals surface area contributed by atoms with Crippen molar-refractivity contribution in [2.75, 3.05) is 18.0 Å². The van der Waals surface area contributed by atoms with E-state index in [4.69, 9.17) is 11.6 Å². The Morgan fingerprint density at radius 2 is 1.69 bits per heavy atom. The molecular formula is C20H18ClF3N4O4. The molecule has 1 aliphatic rings. The lowest BCUT2D eigenvalue weighted by Crippen LogP contribution is -2.47. The van der Waals surface area contributed by atoms with Gasteiger partial charge < -0.3 is 4.90 Å². The monoisotopic (exact) mass is 470 g/mol. The first-order valence-electron chi connectivity index (χ1n) is 9.52. The highest BCUT2D eigenvalue weighted by Crippen LogP contribution is 2.37. The van der Waals surface area contributed by atoms with Gasteiger partial charge in [-0.1, -0.05) is 11.6 Å². The molecule has 0 aliphatic carbocycles. The molecule has 1 aliphatic heterocycles. The van der Waals surface area contributed by atoms with Crippen molar-refractivity contribution < 1.29 is 27.7 Å². The summed E-state index contributed by atoms with van der Waals surface area (Å²) in [6, 6.07) is 8.46. The second-order valence-corrected chi connectivity index (χ2v) is 7.61. The first kappa shape index (κ1) is 23.3. The van der Waals surface area contributed by atoms with Gasteiger partial charge in [0.1, 0.15) is 5.69 Å². The second kappa shape index (κ2) is 9.43. The van der Waals surface area contributed by atoms with E-state index in [1.807, 2.05) is 0 Å². The molecule has 170 valence electrons. The van der Waals surface area contributed by atoms with Crippen LogP contribution in [0.5, 0.6) is 0 Å². The molecule has 0 saturated carbocycles. The Hall–Kier alpha value is -3.34. The Morgan fingerprint density at radius 3 is 2.25 bits per heavy atom. The number of nitrogens with zero attached hydrogens (tertiary/aromatic N) is 2. The number of hydrogen-bond donors (Lipinski definition) is 2. The maximum atomic E-state index is 12.9. The van der Waals surface area contributed by atoms with Gasteiger partial charge in [0.25, 0.3) is 11.6 Å². The summed E-state index contributed by atoms with van der Waals surface area (Å²) in [5, 5.41) is 11.8. The van der Waals surface area contributed by atoms with Gasteiger partial charge in [-0.05, 0) is 49.2 Å². The van der Waals surface area contributed by atoms with Crippen LogP contribution in [-0.2, 0) is 11.0 Å². The average Bonchev–Trinajstić information content (AvgIpc) is 2.76. The van der Waals surface area contributed by atoms with Crippen LogP contribution in [-0.4, -0.2) is 29.8 Å². The molecule has 2 amide bonds. The van der Waals surface area contributed by atoms with Crippen LogP contribution in [0.1, 0.15) is 28.8 Å². The van der Waals surface area contributed by atoms with E-state index in [0.717, 1.165) is 12.1 Å². The van der Waals surface area contributed by atoms with Crippen LogP contribution in [0.2, 0.25) is 5.02 Å². The van der Waals surface area contributed by atoms with Gasteiger partial charge in [-0.3, -0.25) is 30.6 Å². The molecule has 8 nitrogen and oxygen atoms in total. The molecule has 2 aromatic carbocycles. The lowest BCUT2D eigenvalue weighted by atomic mass is 9.95. The smallest absolute Gasteiger partial charge is 0.366 e. The number of carbonyl (C=O) groups is 2. The van der Waals surface area contributed by atoms with Crippen LogP contribution in [0.15, 0.2) is 42.5 Å². The van der Waals surface area contributed by atoms with Crippen LogP contribution in [0.25, 0.3) is 0 Å². The molecule has 1 heterocycles. The average molecular weight is 471 g/mol. The van der Waals surface area contributed by atoms with Gasteiger partial charge in [-0.15, -0.1) is 0 Å². The maximum absolute atomic E-state index is 12.9. The van der Waals surface area contributed by atoms with Gasteiger partial charge >= 0.3 is 6.18 Å². The minimum Gasteiger partial charge on any atom is -0.366 e. The summed E-state index contributed by atoms with van der Waals surface area (Å²) in [5.41, 5.74) is 3.30. The first-order valence-corrected chi connectivity index (χ1v) is 9.90. The highest BCUT2D eigenvalue weighted by atomic mass is 35.5. The van der Waals surface area contributed by atoms with Crippen molar-refractivity contribution in [3.05, 3.63) is 68.7 Å². The summed E-state index contributed by atoms with van der Waals surface area (Å²) in [7, 11) is 0. The minimum absolute atomic E-state index is 0.0675. The van der Waals surface area contributed by atoms with Crippen LogP contribution in [0.4, 0.5) is 24.5 Å². The van der Waals surface area contributed by atoms with E-state index in [9.17, 15) is 32.9 Å². The summed E-state index contributed by atoms with van der Waals surface area (Å²) < 4.78 is 38.7. The highest BCUT2D eigenvalue weighted by Gasteiger charge is 2.35. The summed E-state index contributed by atoms with van der Waals surface area (Å²) in [6.07, 6.45) is -4.08. The zero-order chi connectivity index (χ0) is 23.5. The number of nitrogens with one attached hydrogen (secondary N) is 2. The van der Waals surface area contributed by atoms with E-state index >= 15 is 0 Å². The Bertz CT molecular complexity index is 1020. The van der Waals surface area contributed by atoms with Crippen LogP contribution in [0, 0.1) is 16.0 Å². The molecule has 0 bridgehead atoms. The fourth-order valence-electron chi connectivity index (χ4n) is 3.39. The fraction of sp³-hybridized carbons (Fsp3) is 0.300. The predicted octanol–water partition coefficient (Wildman–Crippen LogP) is 3.94. The Morgan fingerprint density at radius 1 is 1.06 bits per heavy atom. The highest BCUT2D eigenvalue weighted by molar-refractivity contribution is 6.30. The van der Waals surface area contributed by atoms with Gasteiger partial charge in [0.15, 0.2) is 0 Å². The summed E-state index contributed by atoms with van der Waals surface area (Å²) in [5.74, 6) is -1.41. The third-order valence-corrected chi connectivity index (χ3v) is 5.36. The third kappa shape index (κ3) is 5.47. The van der Waals surface area contributed by atoms with Crippen molar-refractivity contribution in [3.8, 4) is 0 Å². The number of halogens is 4. The van der Waals surface area contributed by atoms with Crippen molar-refractivity contribution in [1.29, 1.82) is 0 Å². The van der Waals surface area contributed by atoms with Gasteiger partial charge in [0.2, 0.25) is 5.91 Å². The van der Waals surface area contributed by atoms with Crippen LogP contribution >= 0.6 is 11.6 Å². The van der Waals surface area contributed by atoms with Crippen molar-refractivity contribution in [1.82, 2.24) is 10.9 Å². The summed E-state index contributed by atoms with van der Waals surface area (Å²) >= 11 is 5.76. The van der Waals surface area contributed by atoms with E-state index in [0.29, 0.717) is 29.5 Å². The number of rotatable bonds is 4. The number of anilines is 1. The van der Waals surface area contributed by atoms with E-state index in [2.05, 4.69) is 10.9 Å². The Labute approximate surface area is 185 Å². The molecule has 2 aromatic rings. The number of carbonyl (C=O) groups excluding carboxylic acids is 2. The summed E-state index contributed by atoms with van der Waals surface area (Å²) in [6.45, 7) is 0.463. The van der Waals surface area contributed by atoms with Gasteiger partial charge in [0, 0.05) is 35.7 Å². The molecule has 0 aromatic heterocycles. The van der Waals surface area contributed by atoms with E-state index < -0.39 is 40.1 Å². The molecule has 3 rings (SSSR count). The van der Waals surface area contributed by atoms with Crippen molar-refractivity contribution in [2.45, 2.75) is 19.0 Å². The number of hydrazine groups is 1. The summed E-state index contributed by atoms with van der Waals surface area (Å²) in [4.78, 5) is 36.4. The molecule has 1 saturated heterocycles. The Kier molecular flexibility index (Phi) is 6.87. The largest absolute Gasteiger partial charge is 0.416 e. The molecule has 2 N–H and O–H groups in total. The van der Waals surface area contributed by atoms with Crippen LogP contribution in [0.3, 0.4) is 0 Å². The first-order chi connectivity index (χ1) is 15.1. The lowest BCUT2D eigenvalue weighted by Gasteiger charge is -2.32. The molecule has 0 spiro atoms. The SMILES string of the molecule is O=C(NNC(=O)C1CCN(c2ccc(C(F)(F)F)cc2[N+](=O)[O-])CC1)c1ccc(Cl)cc1. The van der Waals surface area contributed by atoms with Crippen LogP contribution < -0.4 is 15.8 Å². The number of alkyl halides is 3. The minimum atomic E-state index is -4.69. The predicted molar refractivity (Wildman–Crippen MR) is 110 cm³/mol. The number of hydrogen-bond acceptors (Lipinski definition) is 5. The Balaban J connectivity index is 1.59. The molecule has 0 unspecified atom stereocenters. The standard InChI is InChI=1S/C20H18ClF3N4O4/c21-15-4-1-12(2-5-15)18(29)25-26-19(30)13-7-9-27(10-8-13)16-6-3-14(20(22,23)24)11-17(16)28(31)32/h1-6,11,13H,7-10H2,(H,25,29)(H,26,30). The van der Waals surface area contributed by atoms with Gasteiger partial charge in [-0.2, -0.15) is 13.2 Å². The second-order valence-electron chi connectivity index (χ2n) is 7.17. The molecular weight excluding hydrogens is 453 g/mol. The van der Waals surface area contributed by atoms with Gasteiger partial charge in [-0.25, -0.2) is 0 Å². The van der Waals surface area contributed by atoms with Crippen molar-refractivity contribution >= 4 is 34.8 Å². The molecule has 0 radical (unpaired) electrons. The van der Waals surface area contributed by atoms with Crippen molar-refractivity contribution in [3.63, 3.8) is 0 Å². The fourth-order valence-corrected chi connectivity index (χ4v) is 3.52. The number of nitro benzene ring substituents is 1. The molecule has 12 heteroatoms. The van der Waals surface area contributed by atoms with E-state index in [1.54, 1.807) is 4.90 Å². The maximum Gasteiger partial charge on any atom is 0.416 e. The number of benzene rings is 2. The number of piperidine rings is 1. The van der Waals surface area contributed by atoms with Gasteiger partial charge in [0.05, 0.1) is 10.5 Å². The molecule has 1 fully saturated rings. The zero-order valence-corrected chi connectivity index (χ0v) is 17.2. The van der Waals surface area contributed by atoms with E-state index in [1.165, 1.54) is 24.3 Å². The lowest BCUT2D eigenvalue weighted by molar-refractivity contribution is -0.384. The zero-order valence-electron chi connectivity index (χ0n) is 16.5. The number of nitro groups is 1. The molecule has 0 atom stereocenters. The topological polar surface area (TPSA) is 105 Å².